The van der Waals surface area contributed by atoms with Gasteiger partial charge in [0.05, 0.1) is 0 Å². The molecule has 2 fully saturated rings. The van der Waals surface area contributed by atoms with Crippen LogP contribution in [-0.2, 0) is 14.4 Å². The fraction of sp³-hybridized carbons (Fsp3) is 0.750. The molecule has 3 amide bonds. The minimum atomic E-state index is -0.508. The summed E-state index contributed by atoms with van der Waals surface area (Å²) in [7, 11) is 0. The summed E-state index contributed by atoms with van der Waals surface area (Å²) in [5, 5.41) is 2.27. The van der Waals surface area contributed by atoms with E-state index in [-0.39, 0.29) is 23.8 Å². The molecular formula is C12H18N2O3S. The molecule has 0 bridgehead atoms. The van der Waals surface area contributed by atoms with E-state index in [1.54, 1.807) is 0 Å². The summed E-state index contributed by atoms with van der Waals surface area (Å²) >= 11 is 4.27. The Kier molecular flexibility index (Phi) is 3.66. The Morgan fingerprint density at radius 3 is 2.67 bits per heavy atom. The first kappa shape index (κ1) is 13.4. The third-order valence-corrected chi connectivity index (χ3v) is 4.45. The van der Waals surface area contributed by atoms with E-state index >= 15 is 0 Å². The summed E-state index contributed by atoms with van der Waals surface area (Å²) in [4.78, 5) is 36.7. The number of imide groups is 1. The normalized spacial score (nSPS) is 25.9. The first-order valence-electron chi connectivity index (χ1n) is 6.25. The molecule has 100 valence electrons. The Labute approximate surface area is 112 Å². The first-order chi connectivity index (χ1) is 8.51. The average Bonchev–Trinajstić information content (AvgIpc) is 3.08. The van der Waals surface area contributed by atoms with Crippen molar-refractivity contribution in [3.63, 3.8) is 0 Å². The summed E-state index contributed by atoms with van der Waals surface area (Å²) < 4.78 is 0. The van der Waals surface area contributed by atoms with Gasteiger partial charge in [-0.3, -0.25) is 19.7 Å². The van der Waals surface area contributed by atoms with Gasteiger partial charge in [0.25, 0.3) is 0 Å². The zero-order chi connectivity index (χ0) is 13.3. The molecule has 6 heteroatoms. The van der Waals surface area contributed by atoms with E-state index in [4.69, 9.17) is 0 Å². The van der Waals surface area contributed by atoms with E-state index in [1.807, 2.05) is 6.92 Å². The van der Waals surface area contributed by atoms with Crippen LogP contribution in [0.15, 0.2) is 0 Å². The van der Waals surface area contributed by atoms with Gasteiger partial charge in [-0.05, 0) is 30.4 Å². The lowest BCUT2D eigenvalue weighted by Crippen LogP contribution is -2.59. The second-order valence-corrected chi connectivity index (χ2v) is 5.51. The van der Waals surface area contributed by atoms with E-state index < -0.39 is 11.9 Å². The molecule has 2 aliphatic rings. The Balaban J connectivity index is 2.06. The molecule has 2 rings (SSSR count). The second kappa shape index (κ2) is 4.91. The molecule has 0 aromatic rings. The minimum Gasteiger partial charge on any atom is -0.321 e. The van der Waals surface area contributed by atoms with E-state index in [2.05, 4.69) is 17.9 Å². The van der Waals surface area contributed by atoms with Gasteiger partial charge in [0.2, 0.25) is 17.7 Å². The van der Waals surface area contributed by atoms with Crippen molar-refractivity contribution in [3.05, 3.63) is 0 Å². The van der Waals surface area contributed by atoms with Crippen molar-refractivity contribution in [3.8, 4) is 0 Å². The van der Waals surface area contributed by atoms with Crippen LogP contribution in [-0.4, -0.2) is 41.0 Å². The number of hydrogen-bond donors (Lipinski definition) is 2. The lowest BCUT2D eigenvalue weighted by Gasteiger charge is -2.34. The maximum Gasteiger partial charge on any atom is 0.249 e. The lowest BCUT2D eigenvalue weighted by molar-refractivity contribution is -0.150. The van der Waals surface area contributed by atoms with Crippen LogP contribution in [0.4, 0.5) is 0 Å². The van der Waals surface area contributed by atoms with Gasteiger partial charge in [0.15, 0.2) is 0 Å². The number of piperazine rings is 1. The molecule has 1 saturated carbocycles. The number of carbonyl (C=O) groups excluding carboxylic acids is 3. The molecule has 18 heavy (non-hydrogen) atoms. The smallest absolute Gasteiger partial charge is 0.249 e. The van der Waals surface area contributed by atoms with E-state index in [0.717, 1.165) is 12.8 Å². The summed E-state index contributed by atoms with van der Waals surface area (Å²) in [6, 6.07) is -0.508. The fourth-order valence-electron chi connectivity index (χ4n) is 2.32. The zero-order valence-corrected chi connectivity index (χ0v) is 11.3. The molecule has 0 aromatic heterocycles. The maximum absolute atomic E-state index is 12.2. The van der Waals surface area contributed by atoms with Gasteiger partial charge in [-0.1, -0.05) is 6.92 Å². The summed E-state index contributed by atoms with van der Waals surface area (Å²) in [6.45, 7) is 1.83. The number of thiol groups is 1. The van der Waals surface area contributed by atoms with Gasteiger partial charge in [-0.2, -0.15) is 12.6 Å². The van der Waals surface area contributed by atoms with Crippen molar-refractivity contribution < 1.29 is 14.4 Å². The first-order valence-corrected chi connectivity index (χ1v) is 6.88. The molecule has 1 aliphatic heterocycles. The van der Waals surface area contributed by atoms with Crippen molar-refractivity contribution in [1.82, 2.24) is 10.2 Å². The Hall–Kier alpha value is -1.04. The molecule has 0 aromatic carbocycles. The largest absolute Gasteiger partial charge is 0.321 e. The average molecular weight is 270 g/mol. The van der Waals surface area contributed by atoms with Gasteiger partial charge < -0.3 is 4.90 Å². The topological polar surface area (TPSA) is 66.5 Å². The van der Waals surface area contributed by atoms with E-state index in [0.29, 0.717) is 18.6 Å². The monoisotopic (exact) mass is 270 g/mol. The van der Waals surface area contributed by atoms with Crippen molar-refractivity contribution in [2.75, 3.05) is 12.3 Å². The molecule has 1 saturated heterocycles. The lowest BCUT2D eigenvalue weighted by atomic mass is 10.0. The van der Waals surface area contributed by atoms with Crippen LogP contribution in [0.25, 0.3) is 0 Å². The standard InChI is InChI=1S/C12H18N2O3S/c1-2-8-11(17)13-9(15)6-14(8)10(16)5-12(7-18)3-4-12/h8,18H,2-7H2,1H3,(H,13,15,17). The maximum atomic E-state index is 12.2. The fourth-order valence-corrected chi connectivity index (χ4v) is 2.75. The predicted octanol–water partition coefficient (Wildman–Crippen LogP) is 0.350. The van der Waals surface area contributed by atoms with Crippen LogP contribution < -0.4 is 5.32 Å². The molecule has 0 spiro atoms. The van der Waals surface area contributed by atoms with Crippen LogP contribution in [0.1, 0.15) is 32.6 Å². The summed E-state index contributed by atoms with van der Waals surface area (Å²) in [5.41, 5.74) is 0.00938. The highest BCUT2D eigenvalue weighted by Gasteiger charge is 2.45. The molecule has 1 N–H and O–H groups in total. The number of nitrogens with zero attached hydrogens (tertiary/aromatic N) is 1. The number of amides is 3. The number of carbonyl (C=O) groups is 3. The van der Waals surface area contributed by atoms with Crippen LogP contribution in [0.2, 0.25) is 0 Å². The quantitative estimate of drug-likeness (QED) is 0.572. The van der Waals surface area contributed by atoms with Crippen molar-refractivity contribution >= 4 is 30.4 Å². The molecule has 0 radical (unpaired) electrons. The number of nitrogens with one attached hydrogen (secondary N) is 1. The molecule has 1 unspecified atom stereocenters. The molecule has 1 heterocycles. The van der Waals surface area contributed by atoms with Gasteiger partial charge in [0, 0.05) is 6.42 Å². The Morgan fingerprint density at radius 1 is 1.50 bits per heavy atom. The van der Waals surface area contributed by atoms with E-state index in [9.17, 15) is 14.4 Å². The highest BCUT2D eigenvalue weighted by atomic mass is 32.1. The highest BCUT2D eigenvalue weighted by molar-refractivity contribution is 7.80. The van der Waals surface area contributed by atoms with E-state index in [1.165, 1.54) is 4.90 Å². The van der Waals surface area contributed by atoms with Gasteiger partial charge in [0.1, 0.15) is 12.6 Å². The molecular weight excluding hydrogens is 252 g/mol. The van der Waals surface area contributed by atoms with Crippen molar-refractivity contribution in [2.24, 2.45) is 5.41 Å². The van der Waals surface area contributed by atoms with Crippen LogP contribution >= 0.6 is 12.6 Å². The number of hydrogen-bond acceptors (Lipinski definition) is 4. The SMILES string of the molecule is CCC1C(=O)NC(=O)CN1C(=O)CC1(CS)CC1. The van der Waals surface area contributed by atoms with Crippen molar-refractivity contribution in [2.45, 2.75) is 38.6 Å². The summed E-state index contributed by atoms with van der Waals surface area (Å²) in [5.74, 6) is -0.174. The van der Waals surface area contributed by atoms with Gasteiger partial charge >= 0.3 is 0 Å². The van der Waals surface area contributed by atoms with Crippen LogP contribution in [0.5, 0.6) is 0 Å². The third kappa shape index (κ3) is 2.53. The zero-order valence-electron chi connectivity index (χ0n) is 10.4. The van der Waals surface area contributed by atoms with Crippen LogP contribution in [0, 0.1) is 5.41 Å². The Bertz CT molecular complexity index is 393. The second-order valence-electron chi connectivity index (χ2n) is 5.19. The highest BCUT2D eigenvalue weighted by Crippen LogP contribution is 2.50. The van der Waals surface area contributed by atoms with Gasteiger partial charge in [-0.25, -0.2) is 0 Å². The molecule has 5 nitrogen and oxygen atoms in total. The summed E-state index contributed by atoms with van der Waals surface area (Å²) in [6.07, 6.45) is 2.94. The van der Waals surface area contributed by atoms with Gasteiger partial charge in [-0.15, -0.1) is 0 Å². The minimum absolute atomic E-state index is 0.00820. The number of rotatable bonds is 4. The van der Waals surface area contributed by atoms with Crippen molar-refractivity contribution in [1.29, 1.82) is 0 Å². The molecule has 1 aliphatic carbocycles. The Morgan fingerprint density at radius 2 is 2.17 bits per heavy atom. The van der Waals surface area contributed by atoms with Crippen LogP contribution in [0.3, 0.4) is 0 Å². The third-order valence-electron chi connectivity index (χ3n) is 3.78. The predicted molar refractivity (Wildman–Crippen MR) is 69.1 cm³/mol. The molecule has 1 atom stereocenters.